The zero-order valence-electron chi connectivity index (χ0n) is 8.04. The summed E-state index contributed by atoms with van der Waals surface area (Å²) in [7, 11) is 0. The van der Waals surface area contributed by atoms with Gasteiger partial charge in [0, 0.05) is 9.75 Å². The fourth-order valence-corrected chi connectivity index (χ4v) is 1.99. The zero-order valence-corrected chi connectivity index (χ0v) is 8.86. The summed E-state index contributed by atoms with van der Waals surface area (Å²) in [6.07, 6.45) is 4.78. The third-order valence-corrected chi connectivity index (χ3v) is 3.09. The first-order chi connectivity index (χ1) is 6.30. The number of hydrogen-bond donors (Lipinski definition) is 0. The van der Waals surface area contributed by atoms with E-state index in [1.807, 2.05) is 13.0 Å². The van der Waals surface area contributed by atoms with E-state index in [4.69, 9.17) is 0 Å². The number of allylic oxidation sites excluding steroid dienone is 1. The predicted octanol–water partition coefficient (Wildman–Crippen LogP) is 3.30. The Morgan fingerprint density at radius 2 is 2.23 bits per heavy atom. The van der Waals surface area contributed by atoms with Crippen molar-refractivity contribution in [2.75, 3.05) is 0 Å². The minimum Gasteiger partial charge on any atom is -0.298 e. The van der Waals surface area contributed by atoms with Crippen molar-refractivity contribution >= 4 is 23.7 Å². The van der Waals surface area contributed by atoms with E-state index in [-0.39, 0.29) is 0 Å². The van der Waals surface area contributed by atoms with Gasteiger partial charge in [0.15, 0.2) is 0 Å². The Hall–Kier alpha value is -0.890. The van der Waals surface area contributed by atoms with Crippen LogP contribution >= 0.6 is 11.3 Å². The number of aryl methyl sites for hydroxylation is 1. The van der Waals surface area contributed by atoms with Crippen molar-refractivity contribution in [3.63, 3.8) is 0 Å². The second-order valence-electron chi connectivity index (χ2n) is 2.85. The topological polar surface area (TPSA) is 17.1 Å². The maximum atomic E-state index is 10.6. The highest BCUT2D eigenvalue weighted by Crippen LogP contribution is 2.19. The molecule has 0 aromatic carbocycles. The summed E-state index contributed by atoms with van der Waals surface area (Å²) in [5.74, 6) is 0. The van der Waals surface area contributed by atoms with E-state index in [0.29, 0.717) is 0 Å². The smallest absolute Gasteiger partial charge is 0.146 e. The Morgan fingerprint density at radius 1 is 1.46 bits per heavy atom. The number of aldehydes is 1. The summed E-state index contributed by atoms with van der Waals surface area (Å²) in [4.78, 5) is 13.1. The number of carbonyl (C=O) groups excluding carboxylic acids is 1. The molecule has 1 aromatic heterocycles. The van der Waals surface area contributed by atoms with Gasteiger partial charge >= 0.3 is 0 Å². The van der Waals surface area contributed by atoms with Crippen LogP contribution in [0.5, 0.6) is 0 Å². The van der Waals surface area contributed by atoms with E-state index < -0.39 is 0 Å². The first-order valence-electron chi connectivity index (χ1n) is 4.54. The van der Waals surface area contributed by atoms with Crippen molar-refractivity contribution in [2.45, 2.75) is 26.7 Å². The highest BCUT2D eigenvalue weighted by atomic mass is 32.1. The van der Waals surface area contributed by atoms with Gasteiger partial charge in [-0.3, -0.25) is 4.79 Å². The lowest BCUT2D eigenvalue weighted by Gasteiger charge is -1.90. The summed E-state index contributed by atoms with van der Waals surface area (Å²) in [6, 6.07) is 4.19. The van der Waals surface area contributed by atoms with Crippen molar-refractivity contribution in [3.05, 3.63) is 27.5 Å². The number of hydrogen-bond acceptors (Lipinski definition) is 2. The first-order valence-corrected chi connectivity index (χ1v) is 5.36. The van der Waals surface area contributed by atoms with Gasteiger partial charge in [0.2, 0.25) is 0 Å². The molecule has 1 heterocycles. The summed E-state index contributed by atoms with van der Waals surface area (Å²) < 4.78 is 0. The lowest BCUT2D eigenvalue weighted by molar-refractivity contribution is -0.104. The van der Waals surface area contributed by atoms with E-state index in [1.54, 1.807) is 11.3 Å². The van der Waals surface area contributed by atoms with Crippen LogP contribution in [0.2, 0.25) is 0 Å². The highest BCUT2D eigenvalue weighted by Gasteiger charge is 1.97. The molecule has 0 bridgehead atoms. The largest absolute Gasteiger partial charge is 0.298 e. The molecular formula is C11H14OS. The third-order valence-electron chi connectivity index (χ3n) is 1.92. The molecule has 0 saturated heterocycles. The Labute approximate surface area is 83.1 Å². The maximum absolute atomic E-state index is 10.6. The molecule has 0 N–H and O–H groups in total. The average molecular weight is 194 g/mol. The van der Waals surface area contributed by atoms with Crippen LogP contribution in [-0.2, 0) is 11.2 Å². The van der Waals surface area contributed by atoms with Crippen molar-refractivity contribution in [3.8, 4) is 0 Å². The number of rotatable bonds is 4. The number of thiophene rings is 1. The van der Waals surface area contributed by atoms with Crippen molar-refractivity contribution in [1.29, 1.82) is 0 Å². The van der Waals surface area contributed by atoms with Gasteiger partial charge in [-0.05, 0) is 36.6 Å². The Kier molecular flexibility index (Phi) is 3.90. The molecule has 0 aliphatic rings. The predicted molar refractivity (Wildman–Crippen MR) is 58.0 cm³/mol. The lowest BCUT2D eigenvalue weighted by Crippen LogP contribution is -1.79. The summed E-state index contributed by atoms with van der Waals surface area (Å²) >= 11 is 1.76. The van der Waals surface area contributed by atoms with Crippen LogP contribution in [0.3, 0.4) is 0 Å². The normalized spacial score (nSPS) is 11.7. The van der Waals surface area contributed by atoms with Gasteiger partial charge in [0.25, 0.3) is 0 Å². The average Bonchev–Trinajstić information content (AvgIpc) is 2.61. The van der Waals surface area contributed by atoms with E-state index >= 15 is 0 Å². The van der Waals surface area contributed by atoms with E-state index in [1.165, 1.54) is 9.75 Å². The zero-order chi connectivity index (χ0) is 9.68. The fourth-order valence-electron chi connectivity index (χ4n) is 1.06. The molecule has 0 saturated carbocycles. The molecular weight excluding hydrogens is 180 g/mol. The second-order valence-corrected chi connectivity index (χ2v) is 4.05. The third kappa shape index (κ3) is 2.81. The molecule has 1 rings (SSSR count). The molecule has 13 heavy (non-hydrogen) atoms. The van der Waals surface area contributed by atoms with Gasteiger partial charge < -0.3 is 0 Å². The van der Waals surface area contributed by atoms with E-state index in [9.17, 15) is 4.79 Å². The lowest BCUT2D eigenvalue weighted by atomic mass is 10.2. The number of carbonyl (C=O) groups is 1. The molecule has 1 aromatic rings. The van der Waals surface area contributed by atoms with Crippen LogP contribution in [0.15, 0.2) is 17.7 Å². The maximum Gasteiger partial charge on any atom is 0.146 e. The summed E-state index contributed by atoms with van der Waals surface area (Å²) in [6.45, 7) is 4.13. The molecule has 0 radical (unpaired) electrons. The van der Waals surface area contributed by atoms with Crippen LogP contribution in [0, 0.1) is 0 Å². The Bertz CT molecular complexity index is 310. The van der Waals surface area contributed by atoms with Crippen LogP contribution in [0.1, 0.15) is 30.0 Å². The van der Waals surface area contributed by atoms with Gasteiger partial charge in [0.05, 0.1) is 0 Å². The summed E-state index contributed by atoms with van der Waals surface area (Å²) in [5.41, 5.74) is 0.865. The minimum atomic E-state index is 0.808. The van der Waals surface area contributed by atoms with Crippen molar-refractivity contribution in [1.82, 2.24) is 0 Å². The van der Waals surface area contributed by atoms with Crippen LogP contribution < -0.4 is 0 Å². The van der Waals surface area contributed by atoms with Gasteiger partial charge in [-0.25, -0.2) is 0 Å². The molecule has 0 aliphatic heterocycles. The molecule has 0 atom stereocenters. The minimum absolute atomic E-state index is 0.808. The highest BCUT2D eigenvalue weighted by molar-refractivity contribution is 7.12. The van der Waals surface area contributed by atoms with E-state index in [2.05, 4.69) is 19.1 Å². The first kappa shape index (κ1) is 10.2. The van der Waals surface area contributed by atoms with Gasteiger partial charge in [-0.15, -0.1) is 11.3 Å². The quantitative estimate of drug-likeness (QED) is 0.531. The fraction of sp³-hybridized carbons (Fsp3) is 0.364. The summed E-state index contributed by atoms with van der Waals surface area (Å²) in [5, 5.41) is 0. The van der Waals surface area contributed by atoms with Crippen molar-refractivity contribution in [2.24, 2.45) is 0 Å². The molecule has 0 aliphatic carbocycles. The molecule has 1 nitrogen and oxygen atoms in total. The monoisotopic (exact) mass is 194 g/mol. The molecule has 0 amide bonds. The van der Waals surface area contributed by atoms with E-state index in [0.717, 1.165) is 24.7 Å². The van der Waals surface area contributed by atoms with Crippen LogP contribution in [-0.4, -0.2) is 6.29 Å². The van der Waals surface area contributed by atoms with Gasteiger partial charge in [-0.1, -0.05) is 13.8 Å². The molecule has 0 unspecified atom stereocenters. The molecule has 70 valence electrons. The standard InChI is InChI=1S/C11H14OS/c1-3-9(8-12)7-11-6-5-10(4-2)13-11/h5-8H,3-4H2,1-2H3. The molecule has 0 spiro atoms. The van der Waals surface area contributed by atoms with Crippen molar-refractivity contribution < 1.29 is 4.79 Å². The Balaban J connectivity index is 2.83. The molecule has 0 fully saturated rings. The molecule has 2 heteroatoms. The van der Waals surface area contributed by atoms with Gasteiger partial charge in [0.1, 0.15) is 6.29 Å². The van der Waals surface area contributed by atoms with Crippen LogP contribution in [0.4, 0.5) is 0 Å². The second kappa shape index (κ2) is 4.97. The van der Waals surface area contributed by atoms with Crippen LogP contribution in [0.25, 0.3) is 6.08 Å². The van der Waals surface area contributed by atoms with Gasteiger partial charge in [-0.2, -0.15) is 0 Å². The Morgan fingerprint density at radius 3 is 2.69 bits per heavy atom. The SMILES string of the molecule is CCC(C=O)=Cc1ccc(CC)s1.